The first kappa shape index (κ1) is 20.2. The molecule has 0 saturated carbocycles. The third-order valence-corrected chi connectivity index (χ3v) is 3.86. The van der Waals surface area contributed by atoms with E-state index in [9.17, 15) is 31.1 Å². The summed E-state index contributed by atoms with van der Waals surface area (Å²) >= 11 is 0. The van der Waals surface area contributed by atoms with Crippen LogP contribution in [0.5, 0.6) is 5.75 Å². The molecule has 0 fully saturated rings. The fourth-order valence-electron chi connectivity index (χ4n) is 2.34. The minimum Gasteiger partial charge on any atom is -0.486 e. The van der Waals surface area contributed by atoms with Crippen molar-refractivity contribution in [2.24, 2.45) is 0 Å². The summed E-state index contributed by atoms with van der Waals surface area (Å²) in [6.07, 6.45) is 0. The molecule has 152 valence electrons. The molecule has 3 rings (SSSR count). The van der Waals surface area contributed by atoms with Gasteiger partial charge in [-0.25, -0.2) is 26.3 Å². The lowest BCUT2D eigenvalue weighted by Gasteiger charge is -2.10. The largest absolute Gasteiger partial charge is 0.486 e. The molecule has 0 atom stereocenters. The summed E-state index contributed by atoms with van der Waals surface area (Å²) in [5, 5.41) is 4.98. The van der Waals surface area contributed by atoms with E-state index in [-0.39, 0.29) is 17.1 Å². The van der Waals surface area contributed by atoms with E-state index in [0.29, 0.717) is 0 Å². The number of carbonyl (C=O) groups excluding carboxylic acids is 1. The number of aromatic nitrogens is 1. The first-order valence-electron chi connectivity index (χ1n) is 7.87. The molecule has 0 aliphatic heterocycles. The lowest BCUT2D eigenvalue weighted by Crippen LogP contribution is -2.19. The topological polar surface area (TPSA) is 64.4 Å². The summed E-state index contributed by atoms with van der Waals surface area (Å²) in [6.45, 7) is 0.957. The average molecular weight is 416 g/mol. The van der Waals surface area contributed by atoms with E-state index in [1.807, 2.05) is 0 Å². The molecule has 1 aromatic heterocycles. The minimum absolute atomic E-state index is 0.0189. The third-order valence-electron chi connectivity index (χ3n) is 3.86. The second kappa shape index (κ2) is 7.86. The number of carbonyl (C=O) groups is 1. The van der Waals surface area contributed by atoms with E-state index < -0.39 is 58.8 Å². The molecule has 0 saturated heterocycles. The Balaban J connectivity index is 1.88. The first-order valence-corrected chi connectivity index (χ1v) is 7.87. The highest BCUT2D eigenvalue weighted by molar-refractivity contribution is 6.04. The summed E-state index contributed by atoms with van der Waals surface area (Å²) < 4.78 is 90.9. The monoisotopic (exact) mass is 416 g/mol. The van der Waals surface area contributed by atoms with Gasteiger partial charge in [0.25, 0.3) is 5.91 Å². The van der Waals surface area contributed by atoms with Crippen LogP contribution in [-0.4, -0.2) is 11.1 Å². The summed E-state index contributed by atoms with van der Waals surface area (Å²) in [5.74, 6) is -13.4. The Morgan fingerprint density at radius 2 is 1.59 bits per heavy atom. The van der Waals surface area contributed by atoms with Crippen LogP contribution in [0.4, 0.5) is 32.0 Å². The summed E-state index contributed by atoms with van der Waals surface area (Å²) in [5.41, 5.74) is -2.11. The van der Waals surface area contributed by atoms with Gasteiger partial charge in [-0.05, 0) is 19.1 Å². The molecular formula is C18H10F6N2O3. The minimum atomic E-state index is -2.37. The summed E-state index contributed by atoms with van der Waals surface area (Å²) in [6, 6.07) is 5.37. The highest BCUT2D eigenvalue weighted by Gasteiger charge is 2.29. The highest BCUT2D eigenvalue weighted by Crippen LogP contribution is 2.28. The van der Waals surface area contributed by atoms with Gasteiger partial charge in [0.05, 0.1) is 5.56 Å². The highest BCUT2D eigenvalue weighted by atomic mass is 19.2. The maximum Gasteiger partial charge on any atom is 0.278 e. The van der Waals surface area contributed by atoms with Crippen LogP contribution in [0.15, 0.2) is 28.8 Å². The smallest absolute Gasteiger partial charge is 0.278 e. The zero-order valence-electron chi connectivity index (χ0n) is 14.5. The summed E-state index contributed by atoms with van der Waals surface area (Å²) in [7, 11) is 0. The van der Waals surface area contributed by atoms with E-state index in [0.717, 1.165) is 6.07 Å². The number of para-hydroxylation sites is 1. The second-order valence-corrected chi connectivity index (χ2v) is 5.68. The molecule has 0 radical (unpaired) electrons. The van der Waals surface area contributed by atoms with Crippen molar-refractivity contribution in [1.29, 1.82) is 0 Å². The molecular weight excluding hydrogens is 406 g/mol. The molecule has 11 heteroatoms. The average Bonchev–Trinajstić information content (AvgIpc) is 3.08. The number of nitrogens with one attached hydrogen (secondary N) is 1. The quantitative estimate of drug-likeness (QED) is 0.374. The predicted octanol–water partition coefficient (Wildman–Crippen LogP) is 4.65. The number of benzene rings is 2. The Labute approximate surface area is 158 Å². The molecule has 0 bridgehead atoms. The van der Waals surface area contributed by atoms with Crippen molar-refractivity contribution >= 4 is 11.6 Å². The molecule has 0 aliphatic carbocycles. The Bertz CT molecular complexity index is 1070. The van der Waals surface area contributed by atoms with Crippen molar-refractivity contribution in [3.05, 3.63) is 76.2 Å². The Morgan fingerprint density at radius 1 is 1.00 bits per heavy atom. The van der Waals surface area contributed by atoms with E-state index in [4.69, 9.17) is 9.26 Å². The number of ether oxygens (including phenoxy) is 1. The number of rotatable bonds is 5. The van der Waals surface area contributed by atoms with Gasteiger partial charge in [-0.1, -0.05) is 17.3 Å². The SMILES string of the molecule is Cc1onc(C(=O)Nc2c(F)c(F)c(F)c(F)c2F)c1COc1ccccc1F. The number of aryl methyl sites for hydroxylation is 1. The molecule has 0 aliphatic rings. The number of halogens is 6. The molecule has 0 spiro atoms. The van der Waals surface area contributed by atoms with Crippen molar-refractivity contribution in [2.75, 3.05) is 5.32 Å². The van der Waals surface area contributed by atoms with Gasteiger partial charge in [-0.3, -0.25) is 4.79 Å². The Morgan fingerprint density at radius 3 is 2.21 bits per heavy atom. The van der Waals surface area contributed by atoms with E-state index in [1.54, 1.807) is 5.32 Å². The zero-order valence-corrected chi connectivity index (χ0v) is 14.5. The van der Waals surface area contributed by atoms with Crippen molar-refractivity contribution in [2.45, 2.75) is 13.5 Å². The lowest BCUT2D eigenvalue weighted by molar-refractivity contribution is 0.101. The normalized spacial score (nSPS) is 10.9. The fourth-order valence-corrected chi connectivity index (χ4v) is 2.34. The van der Waals surface area contributed by atoms with Crippen LogP contribution in [0.2, 0.25) is 0 Å². The molecule has 0 unspecified atom stereocenters. The van der Waals surface area contributed by atoms with Crippen LogP contribution in [0.25, 0.3) is 0 Å². The standard InChI is InChI=1S/C18H10F6N2O3/c1-7-8(6-28-10-5-3-2-4-9(10)19)16(26-29-7)18(27)25-17-14(23)12(21)11(20)13(22)15(17)24/h2-5H,6H2,1H3,(H,25,27). The Hall–Kier alpha value is -3.50. The first-order chi connectivity index (χ1) is 13.7. The van der Waals surface area contributed by atoms with Crippen LogP contribution in [-0.2, 0) is 6.61 Å². The molecule has 5 nitrogen and oxygen atoms in total. The van der Waals surface area contributed by atoms with Crippen LogP contribution in [0, 0.1) is 41.8 Å². The third kappa shape index (κ3) is 3.75. The Kier molecular flexibility index (Phi) is 5.48. The van der Waals surface area contributed by atoms with Crippen molar-refractivity contribution in [3.63, 3.8) is 0 Å². The van der Waals surface area contributed by atoms with Gasteiger partial charge < -0.3 is 14.6 Å². The van der Waals surface area contributed by atoms with Crippen LogP contribution >= 0.6 is 0 Å². The van der Waals surface area contributed by atoms with Gasteiger partial charge in [0, 0.05) is 0 Å². The number of amides is 1. The second-order valence-electron chi connectivity index (χ2n) is 5.68. The van der Waals surface area contributed by atoms with Crippen LogP contribution < -0.4 is 10.1 Å². The number of anilines is 1. The molecule has 3 aromatic rings. The van der Waals surface area contributed by atoms with E-state index >= 15 is 0 Å². The number of hydrogen-bond donors (Lipinski definition) is 1. The maximum absolute atomic E-state index is 13.8. The molecule has 29 heavy (non-hydrogen) atoms. The zero-order chi connectivity index (χ0) is 21.3. The van der Waals surface area contributed by atoms with Gasteiger partial charge in [-0.15, -0.1) is 0 Å². The number of nitrogens with zero attached hydrogens (tertiary/aromatic N) is 1. The van der Waals surface area contributed by atoms with E-state index in [1.165, 1.54) is 25.1 Å². The molecule has 1 amide bonds. The van der Waals surface area contributed by atoms with Crippen molar-refractivity contribution in [3.8, 4) is 5.75 Å². The molecule has 1 N–H and O–H groups in total. The van der Waals surface area contributed by atoms with E-state index in [2.05, 4.69) is 5.16 Å². The van der Waals surface area contributed by atoms with Crippen LogP contribution in [0.3, 0.4) is 0 Å². The van der Waals surface area contributed by atoms with Crippen LogP contribution in [0.1, 0.15) is 21.8 Å². The van der Waals surface area contributed by atoms with Gasteiger partial charge in [-0.2, -0.15) is 0 Å². The maximum atomic E-state index is 13.8. The molecule has 1 heterocycles. The van der Waals surface area contributed by atoms with Crippen molar-refractivity contribution in [1.82, 2.24) is 5.16 Å². The van der Waals surface area contributed by atoms with Gasteiger partial charge in [0.1, 0.15) is 18.1 Å². The van der Waals surface area contributed by atoms with Gasteiger partial charge in [0.2, 0.25) is 5.82 Å². The van der Waals surface area contributed by atoms with Crippen molar-refractivity contribution < 1.29 is 40.4 Å². The molecule has 2 aromatic carbocycles. The van der Waals surface area contributed by atoms with Gasteiger partial charge >= 0.3 is 0 Å². The summed E-state index contributed by atoms with van der Waals surface area (Å²) in [4.78, 5) is 12.3. The number of hydrogen-bond acceptors (Lipinski definition) is 4. The predicted molar refractivity (Wildman–Crippen MR) is 86.2 cm³/mol. The van der Waals surface area contributed by atoms with Gasteiger partial charge in [0.15, 0.2) is 40.5 Å². The lowest BCUT2D eigenvalue weighted by atomic mass is 10.2. The fraction of sp³-hybridized carbons (Fsp3) is 0.111.